The molecule has 0 aliphatic heterocycles. The summed E-state index contributed by atoms with van der Waals surface area (Å²) in [6.45, 7) is 1.93. The molecule has 0 aromatic heterocycles. The average molecular weight is 336 g/mol. The molecular formula is C20H20N2O3. The van der Waals surface area contributed by atoms with Gasteiger partial charge in [-0.1, -0.05) is 42.5 Å². The fourth-order valence-electron chi connectivity index (χ4n) is 2.72. The van der Waals surface area contributed by atoms with Crippen molar-refractivity contribution in [2.75, 3.05) is 0 Å². The SMILES string of the molecule is Cc1ccccc1CC(=O)N[C@@H](CC(=O)O)Cc1ccccc1C#N. The molecule has 2 aromatic carbocycles. The normalized spacial score (nSPS) is 11.4. The smallest absolute Gasteiger partial charge is 0.305 e. The van der Waals surface area contributed by atoms with Crippen molar-refractivity contribution in [2.24, 2.45) is 0 Å². The molecule has 2 rings (SSSR count). The lowest BCUT2D eigenvalue weighted by atomic mass is 9.98. The molecule has 0 spiro atoms. The van der Waals surface area contributed by atoms with E-state index in [0.29, 0.717) is 12.0 Å². The lowest BCUT2D eigenvalue weighted by Gasteiger charge is -2.18. The molecule has 0 bridgehead atoms. The van der Waals surface area contributed by atoms with Crippen molar-refractivity contribution in [3.05, 3.63) is 70.8 Å². The number of hydrogen-bond donors (Lipinski definition) is 2. The molecule has 0 unspecified atom stereocenters. The Labute approximate surface area is 146 Å². The van der Waals surface area contributed by atoms with Gasteiger partial charge in [0, 0.05) is 6.04 Å². The van der Waals surface area contributed by atoms with Crippen LogP contribution in [0.25, 0.3) is 0 Å². The number of carbonyl (C=O) groups is 2. The van der Waals surface area contributed by atoms with Crippen molar-refractivity contribution in [1.29, 1.82) is 5.26 Å². The lowest BCUT2D eigenvalue weighted by molar-refractivity contribution is -0.137. The molecule has 2 N–H and O–H groups in total. The van der Waals surface area contributed by atoms with Crippen LogP contribution in [0, 0.1) is 18.3 Å². The zero-order valence-electron chi connectivity index (χ0n) is 14.0. The van der Waals surface area contributed by atoms with Gasteiger partial charge in [0.05, 0.1) is 24.5 Å². The molecule has 0 radical (unpaired) electrons. The molecule has 0 aliphatic carbocycles. The Morgan fingerprint density at radius 2 is 1.76 bits per heavy atom. The summed E-state index contributed by atoms with van der Waals surface area (Å²) < 4.78 is 0. The molecule has 128 valence electrons. The average Bonchev–Trinajstić information content (AvgIpc) is 2.56. The van der Waals surface area contributed by atoms with Crippen LogP contribution in [0.5, 0.6) is 0 Å². The van der Waals surface area contributed by atoms with Crippen LogP contribution in [0.2, 0.25) is 0 Å². The fourth-order valence-corrected chi connectivity index (χ4v) is 2.72. The van der Waals surface area contributed by atoms with Crippen molar-refractivity contribution >= 4 is 11.9 Å². The number of amides is 1. The number of aliphatic carboxylic acids is 1. The Balaban J connectivity index is 2.09. The minimum atomic E-state index is -0.990. The van der Waals surface area contributed by atoms with Crippen molar-refractivity contribution in [3.8, 4) is 6.07 Å². The quantitative estimate of drug-likeness (QED) is 0.813. The molecule has 5 nitrogen and oxygen atoms in total. The predicted octanol–water partition coefficient (Wildman–Crippen LogP) is 2.61. The predicted molar refractivity (Wildman–Crippen MR) is 93.9 cm³/mol. The van der Waals surface area contributed by atoms with E-state index in [1.165, 1.54) is 0 Å². The van der Waals surface area contributed by atoms with Crippen molar-refractivity contribution in [3.63, 3.8) is 0 Å². The minimum absolute atomic E-state index is 0.195. The first kappa shape index (κ1) is 18.2. The van der Waals surface area contributed by atoms with E-state index >= 15 is 0 Å². The third-order valence-electron chi connectivity index (χ3n) is 4.00. The molecule has 1 atom stereocenters. The van der Waals surface area contributed by atoms with Crippen LogP contribution in [0.1, 0.15) is 28.7 Å². The van der Waals surface area contributed by atoms with Gasteiger partial charge in [-0.05, 0) is 36.1 Å². The minimum Gasteiger partial charge on any atom is -0.481 e. The summed E-state index contributed by atoms with van der Waals surface area (Å²) in [7, 11) is 0. The number of carboxylic acid groups (broad SMARTS) is 1. The summed E-state index contributed by atoms with van der Waals surface area (Å²) in [5.41, 5.74) is 3.15. The maximum absolute atomic E-state index is 12.3. The number of carbonyl (C=O) groups excluding carboxylic acids is 1. The summed E-state index contributed by atoms with van der Waals surface area (Å²) in [5.74, 6) is -1.22. The Morgan fingerprint density at radius 3 is 2.40 bits per heavy atom. The number of hydrogen-bond acceptors (Lipinski definition) is 3. The number of carboxylic acids is 1. The Hall–Kier alpha value is -3.13. The molecule has 0 heterocycles. The summed E-state index contributed by atoms with van der Waals surface area (Å²) in [4.78, 5) is 23.5. The summed E-state index contributed by atoms with van der Waals surface area (Å²) in [6, 6.07) is 16.1. The Bertz CT molecular complexity index is 809. The van der Waals surface area contributed by atoms with Crippen LogP contribution >= 0.6 is 0 Å². The van der Waals surface area contributed by atoms with E-state index in [4.69, 9.17) is 10.4 Å². The van der Waals surface area contributed by atoms with Gasteiger partial charge in [0.1, 0.15) is 0 Å². The van der Waals surface area contributed by atoms with E-state index in [1.807, 2.05) is 31.2 Å². The maximum Gasteiger partial charge on any atom is 0.305 e. The number of nitrogens with zero attached hydrogens (tertiary/aromatic N) is 1. The van der Waals surface area contributed by atoms with Gasteiger partial charge in [-0.25, -0.2) is 0 Å². The Morgan fingerprint density at radius 1 is 1.12 bits per heavy atom. The van der Waals surface area contributed by atoms with Crippen LogP contribution in [0.4, 0.5) is 0 Å². The summed E-state index contributed by atoms with van der Waals surface area (Å²) >= 11 is 0. The largest absolute Gasteiger partial charge is 0.481 e. The highest BCUT2D eigenvalue weighted by molar-refractivity contribution is 5.80. The number of rotatable bonds is 7. The van der Waals surface area contributed by atoms with Crippen LogP contribution in [-0.2, 0) is 22.4 Å². The molecule has 5 heteroatoms. The van der Waals surface area contributed by atoms with Gasteiger partial charge in [-0.2, -0.15) is 5.26 Å². The van der Waals surface area contributed by atoms with Crippen LogP contribution in [-0.4, -0.2) is 23.0 Å². The fraction of sp³-hybridized carbons (Fsp3) is 0.250. The van der Waals surface area contributed by atoms with Crippen molar-refractivity contribution in [1.82, 2.24) is 5.32 Å². The van der Waals surface area contributed by atoms with Gasteiger partial charge in [-0.3, -0.25) is 9.59 Å². The topological polar surface area (TPSA) is 90.2 Å². The van der Waals surface area contributed by atoms with Gasteiger partial charge < -0.3 is 10.4 Å². The zero-order valence-corrected chi connectivity index (χ0v) is 14.0. The maximum atomic E-state index is 12.3. The first-order valence-electron chi connectivity index (χ1n) is 8.03. The Kier molecular flexibility index (Phi) is 6.30. The number of nitriles is 1. The van der Waals surface area contributed by atoms with Gasteiger partial charge >= 0.3 is 5.97 Å². The van der Waals surface area contributed by atoms with E-state index in [1.54, 1.807) is 24.3 Å². The molecule has 25 heavy (non-hydrogen) atoms. The highest BCUT2D eigenvalue weighted by atomic mass is 16.4. The molecule has 2 aromatic rings. The first-order chi connectivity index (χ1) is 12.0. The molecule has 1 amide bonds. The van der Waals surface area contributed by atoms with E-state index in [-0.39, 0.29) is 18.7 Å². The number of nitrogens with one attached hydrogen (secondary N) is 1. The first-order valence-corrected chi connectivity index (χ1v) is 8.03. The van der Waals surface area contributed by atoms with E-state index in [0.717, 1.165) is 16.7 Å². The zero-order chi connectivity index (χ0) is 18.2. The van der Waals surface area contributed by atoms with Gasteiger partial charge in [0.25, 0.3) is 0 Å². The van der Waals surface area contributed by atoms with Crippen molar-refractivity contribution in [2.45, 2.75) is 32.2 Å². The lowest BCUT2D eigenvalue weighted by Crippen LogP contribution is -2.39. The highest BCUT2D eigenvalue weighted by Crippen LogP contribution is 2.13. The molecule has 0 saturated carbocycles. The number of aryl methyl sites for hydroxylation is 1. The second-order valence-electron chi connectivity index (χ2n) is 5.94. The van der Waals surface area contributed by atoms with Crippen molar-refractivity contribution < 1.29 is 14.7 Å². The highest BCUT2D eigenvalue weighted by Gasteiger charge is 2.18. The number of benzene rings is 2. The summed E-state index contributed by atoms with van der Waals surface area (Å²) in [5, 5.41) is 21.1. The van der Waals surface area contributed by atoms with Crippen LogP contribution < -0.4 is 5.32 Å². The van der Waals surface area contributed by atoms with Crippen LogP contribution in [0.15, 0.2) is 48.5 Å². The van der Waals surface area contributed by atoms with E-state index in [2.05, 4.69) is 11.4 Å². The van der Waals surface area contributed by atoms with E-state index < -0.39 is 12.0 Å². The molecule has 0 aliphatic rings. The van der Waals surface area contributed by atoms with Gasteiger partial charge in [0.2, 0.25) is 5.91 Å². The van der Waals surface area contributed by atoms with Gasteiger partial charge in [-0.15, -0.1) is 0 Å². The molecule has 0 saturated heterocycles. The third-order valence-corrected chi connectivity index (χ3v) is 4.00. The second kappa shape index (κ2) is 8.65. The molecular weight excluding hydrogens is 316 g/mol. The molecule has 0 fully saturated rings. The third kappa shape index (κ3) is 5.47. The standard InChI is InChI=1S/C20H20N2O3/c1-14-6-2-3-7-15(14)11-19(23)22-18(12-20(24)25)10-16-8-4-5-9-17(16)13-21/h2-9,18H,10-12H2,1H3,(H,22,23)(H,24,25)/t18-/m1/s1. The van der Waals surface area contributed by atoms with Gasteiger partial charge in [0.15, 0.2) is 0 Å². The van der Waals surface area contributed by atoms with Crippen LogP contribution in [0.3, 0.4) is 0 Å². The second-order valence-corrected chi connectivity index (χ2v) is 5.94. The monoisotopic (exact) mass is 336 g/mol. The van der Waals surface area contributed by atoms with E-state index in [9.17, 15) is 9.59 Å². The summed E-state index contributed by atoms with van der Waals surface area (Å²) in [6.07, 6.45) is 0.303.